The monoisotopic (exact) mass is 843 g/mol. The van der Waals surface area contributed by atoms with E-state index in [1.165, 1.54) is 65.6 Å². The molecule has 0 radical (unpaired) electrons. The van der Waals surface area contributed by atoms with Gasteiger partial charge in [-0.25, -0.2) is 4.98 Å². The molecule has 10 aromatic carbocycles. The van der Waals surface area contributed by atoms with Gasteiger partial charge < -0.3 is 13.4 Å². The lowest BCUT2D eigenvalue weighted by Crippen LogP contribution is -2.15. The van der Waals surface area contributed by atoms with Crippen molar-refractivity contribution in [3.05, 3.63) is 199 Å². The van der Waals surface area contributed by atoms with Crippen molar-refractivity contribution >= 4 is 87.4 Å². The van der Waals surface area contributed by atoms with Crippen LogP contribution in [0.3, 0.4) is 0 Å². The van der Waals surface area contributed by atoms with E-state index in [0.29, 0.717) is 11.5 Å². The quantitative estimate of drug-likeness (QED) is 0.166. The van der Waals surface area contributed by atoms with Gasteiger partial charge in [-0.2, -0.15) is 4.98 Å². The van der Waals surface area contributed by atoms with Gasteiger partial charge in [-0.1, -0.05) is 159 Å². The zero-order chi connectivity index (χ0) is 43.4. The Bertz CT molecular complexity index is 4290. The molecule has 0 aliphatic heterocycles. The van der Waals surface area contributed by atoms with E-state index in [0.717, 1.165) is 71.9 Å². The normalized spacial score (nSPS) is 13.4. The summed E-state index contributed by atoms with van der Waals surface area (Å²) in [6, 6.07) is 67.4. The molecule has 0 spiro atoms. The predicted octanol–water partition coefficient (Wildman–Crippen LogP) is 16.4. The van der Waals surface area contributed by atoms with Gasteiger partial charge in [-0.15, -0.1) is 0 Å². The fourth-order valence-electron chi connectivity index (χ4n) is 11.7. The van der Waals surface area contributed by atoms with Crippen LogP contribution in [0.1, 0.15) is 25.0 Å². The van der Waals surface area contributed by atoms with Gasteiger partial charge in [-0.05, 0) is 91.8 Å². The Labute approximate surface area is 378 Å². The van der Waals surface area contributed by atoms with Crippen molar-refractivity contribution in [2.45, 2.75) is 19.3 Å². The average Bonchev–Trinajstić information content (AvgIpc) is 4.10. The molecule has 14 aromatic rings. The van der Waals surface area contributed by atoms with E-state index in [9.17, 15) is 0 Å². The first-order chi connectivity index (χ1) is 32.5. The first kappa shape index (κ1) is 35.9. The van der Waals surface area contributed by atoms with Gasteiger partial charge in [-0.3, -0.25) is 0 Å². The van der Waals surface area contributed by atoms with Crippen LogP contribution in [0.5, 0.6) is 0 Å². The molecule has 308 valence electrons. The second kappa shape index (κ2) is 12.8. The van der Waals surface area contributed by atoms with Gasteiger partial charge in [0, 0.05) is 54.7 Å². The Morgan fingerprint density at radius 2 is 1.06 bits per heavy atom. The molecule has 0 fully saturated rings. The standard InChI is InChI=1S/C61H37N3O2/c1-61(2)47-24-9-8-18-39(47)40-30-28-35(32-48(40)61)59-62-57(34-14-4-3-5-15-34)56-45-23-10-22-44(58(45)66-60(56)63-59)43-21-13-27-52-53(43)46-33-36(29-31-51(46)65-52)64-49-25-11-19-41-37-16-6-7-17-38(37)42-20-12-26-50(64)55(42)54(41)49/h3-33H,1-2H3. The van der Waals surface area contributed by atoms with Gasteiger partial charge >= 0.3 is 0 Å². The number of fused-ring (bicyclic) bond motifs is 12. The van der Waals surface area contributed by atoms with Crippen LogP contribution in [0, 0.1) is 0 Å². The summed E-state index contributed by atoms with van der Waals surface area (Å²) in [7, 11) is 0. The van der Waals surface area contributed by atoms with E-state index in [1.54, 1.807) is 0 Å². The molecule has 1 aliphatic carbocycles. The summed E-state index contributed by atoms with van der Waals surface area (Å²) in [6.45, 7) is 4.61. The molecule has 5 nitrogen and oxygen atoms in total. The third-order valence-electron chi connectivity index (χ3n) is 14.6. The summed E-state index contributed by atoms with van der Waals surface area (Å²) in [5.74, 6) is 0.635. The molecule has 1 aliphatic rings. The lowest BCUT2D eigenvalue weighted by molar-refractivity contribution is 0.654. The van der Waals surface area contributed by atoms with Gasteiger partial charge in [0.25, 0.3) is 0 Å². The maximum absolute atomic E-state index is 7.03. The highest BCUT2D eigenvalue weighted by molar-refractivity contribution is 6.34. The molecule has 4 heterocycles. The molecule has 66 heavy (non-hydrogen) atoms. The van der Waals surface area contributed by atoms with E-state index < -0.39 is 0 Å². The van der Waals surface area contributed by atoms with Crippen LogP contribution in [0.25, 0.3) is 138 Å². The molecule has 0 saturated carbocycles. The zero-order valence-electron chi connectivity index (χ0n) is 36.1. The Kier molecular flexibility index (Phi) is 6.96. The van der Waals surface area contributed by atoms with Gasteiger partial charge in [0.2, 0.25) is 5.71 Å². The maximum Gasteiger partial charge on any atom is 0.231 e. The molecular weight excluding hydrogens is 807 g/mol. The number of rotatable bonds is 4. The second-order valence-electron chi connectivity index (χ2n) is 18.4. The largest absolute Gasteiger partial charge is 0.456 e. The van der Waals surface area contributed by atoms with Crippen LogP contribution in [-0.4, -0.2) is 14.5 Å². The fraction of sp³-hybridized carbons (Fsp3) is 0.0492. The van der Waals surface area contributed by atoms with Crippen molar-refractivity contribution in [3.8, 4) is 50.6 Å². The first-order valence-electron chi connectivity index (χ1n) is 22.6. The summed E-state index contributed by atoms with van der Waals surface area (Å²) >= 11 is 0. The third kappa shape index (κ3) is 4.68. The van der Waals surface area contributed by atoms with E-state index in [-0.39, 0.29) is 5.41 Å². The van der Waals surface area contributed by atoms with E-state index in [4.69, 9.17) is 18.8 Å². The van der Waals surface area contributed by atoms with Crippen LogP contribution in [0.15, 0.2) is 197 Å². The topological polar surface area (TPSA) is 57.0 Å². The van der Waals surface area contributed by atoms with Crippen molar-refractivity contribution in [2.75, 3.05) is 0 Å². The van der Waals surface area contributed by atoms with Crippen LogP contribution < -0.4 is 0 Å². The zero-order valence-corrected chi connectivity index (χ0v) is 36.1. The second-order valence-corrected chi connectivity index (χ2v) is 18.4. The SMILES string of the molecule is CC1(C)c2ccccc2-c2ccc(-c3nc(-c4ccccc4)c4c(n3)oc3c(-c5cccc6oc7ccc(-n8c9cccc%10c%11ccccc%11c%11cccc8c%11c%109)cc7c56)cccc34)cc21. The Balaban J connectivity index is 0.945. The first-order valence-corrected chi connectivity index (χ1v) is 22.6. The van der Waals surface area contributed by atoms with Crippen molar-refractivity contribution in [1.82, 2.24) is 14.5 Å². The smallest absolute Gasteiger partial charge is 0.231 e. The Morgan fingerprint density at radius 1 is 0.409 bits per heavy atom. The minimum atomic E-state index is -0.155. The van der Waals surface area contributed by atoms with Crippen LogP contribution in [0.4, 0.5) is 0 Å². The molecule has 0 amide bonds. The highest BCUT2D eigenvalue weighted by Crippen LogP contribution is 2.51. The Morgan fingerprint density at radius 3 is 1.86 bits per heavy atom. The fourth-order valence-corrected chi connectivity index (χ4v) is 11.7. The molecule has 4 aromatic heterocycles. The highest BCUT2D eigenvalue weighted by atomic mass is 16.3. The van der Waals surface area contributed by atoms with Crippen molar-refractivity contribution in [3.63, 3.8) is 0 Å². The predicted molar refractivity (Wildman–Crippen MR) is 271 cm³/mol. The van der Waals surface area contributed by atoms with Gasteiger partial charge in [0.1, 0.15) is 16.7 Å². The van der Waals surface area contributed by atoms with E-state index in [1.807, 2.05) is 6.07 Å². The van der Waals surface area contributed by atoms with E-state index in [2.05, 4.69) is 200 Å². The van der Waals surface area contributed by atoms with E-state index >= 15 is 0 Å². The average molecular weight is 844 g/mol. The number of aromatic nitrogens is 3. The number of hydrogen-bond donors (Lipinski definition) is 0. The summed E-state index contributed by atoms with van der Waals surface area (Å²) in [4.78, 5) is 10.6. The van der Waals surface area contributed by atoms with Crippen LogP contribution in [0.2, 0.25) is 0 Å². The third-order valence-corrected chi connectivity index (χ3v) is 14.6. The maximum atomic E-state index is 7.03. The number of benzene rings is 10. The van der Waals surface area contributed by atoms with Crippen molar-refractivity contribution in [2.24, 2.45) is 0 Å². The number of para-hydroxylation sites is 1. The number of hydrogen-bond acceptors (Lipinski definition) is 4. The molecule has 0 atom stereocenters. The van der Waals surface area contributed by atoms with Gasteiger partial charge in [0.15, 0.2) is 5.82 Å². The summed E-state index contributed by atoms with van der Waals surface area (Å²) in [5.41, 5.74) is 16.3. The molecule has 0 bridgehead atoms. The van der Waals surface area contributed by atoms with Crippen LogP contribution >= 0.6 is 0 Å². The molecular formula is C61H37N3O2. The highest BCUT2D eigenvalue weighted by Gasteiger charge is 2.35. The van der Waals surface area contributed by atoms with Crippen molar-refractivity contribution < 1.29 is 8.83 Å². The summed E-state index contributed by atoms with van der Waals surface area (Å²) in [6.07, 6.45) is 0. The minimum Gasteiger partial charge on any atom is -0.456 e. The lowest BCUT2D eigenvalue weighted by atomic mass is 9.82. The molecule has 0 unspecified atom stereocenters. The molecule has 0 N–H and O–H groups in total. The Hall–Kier alpha value is -8.54. The number of furan rings is 2. The molecule has 5 heteroatoms. The summed E-state index contributed by atoms with van der Waals surface area (Å²) < 4.78 is 16.1. The van der Waals surface area contributed by atoms with Gasteiger partial charge in [0.05, 0.1) is 22.1 Å². The summed E-state index contributed by atoms with van der Waals surface area (Å²) in [5, 5.41) is 11.6. The lowest BCUT2D eigenvalue weighted by Gasteiger charge is -2.21. The molecule has 0 saturated heterocycles. The number of nitrogens with zero attached hydrogens (tertiary/aromatic N) is 3. The minimum absolute atomic E-state index is 0.155. The van der Waals surface area contributed by atoms with Crippen LogP contribution in [-0.2, 0) is 5.41 Å². The molecule has 15 rings (SSSR count). The van der Waals surface area contributed by atoms with Crippen molar-refractivity contribution in [1.29, 1.82) is 0 Å².